The lowest BCUT2D eigenvalue weighted by atomic mass is 10.0. The van der Waals surface area contributed by atoms with E-state index in [1.165, 1.54) is 29.2 Å². The van der Waals surface area contributed by atoms with Crippen LogP contribution < -0.4 is 48.7 Å². The number of hydrogen-bond acceptors (Lipinski definition) is 14. The summed E-state index contributed by atoms with van der Waals surface area (Å²) in [7, 11) is 0. The number of nitrogens with one attached hydrogen (secondary N) is 7. The van der Waals surface area contributed by atoms with Crippen LogP contribution in [-0.2, 0) is 65.6 Å². The van der Waals surface area contributed by atoms with E-state index in [4.69, 9.17) is 16.6 Å². The Morgan fingerprint density at radius 2 is 1.26 bits per heavy atom. The van der Waals surface area contributed by atoms with Crippen molar-refractivity contribution in [2.75, 3.05) is 25.4 Å². The summed E-state index contributed by atoms with van der Waals surface area (Å²) in [5.74, 6) is -10.7. The number of phenols is 1. The fraction of sp³-hybridized carbons (Fsp3) is 0.489. The number of thiol groups is 1. The van der Waals surface area contributed by atoms with Crippen molar-refractivity contribution in [2.45, 2.75) is 108 Å². The molecule has 0 bridgehead atoms. The van der Waals surface area contributed by atoms with E-state index in [1.54, 1.807) is 44.2 Å². The number of carbonyl (C=O) groups excluding carboxylic acids is 9. The Morgan fingerprint density at radius 3 is 1.86 bits per heavy atom. The molecule has 1 heterocycles. The summed E-state index contributed by atoms with van der Waals surface area (Å²) in [6, 6.07) is 5.03. The van der Waals surface area contributed by atoms with Gasteiger partial charge >= 0.3 is 11.9 Å². The molecule has 0 saturated carbocycles. The Kier molecular flexibility index (Phi) is 23.0. The van der Waals surface area contributed by atoms with E-state index in [9.17, 15) is 63.0 Å². The number of nitrogens with two attached hydrogens (primary N) is 2. The summed E-state index contributed by atoms with van der Waals surface area (Å²) in [4.78, 5) is 142. The first kappa shape index (κ1) is 57.0. The van der Waals surface area contributed by atoms with Gasteiger partial charge in [0.1, 0.15) is 42.0 Å². The van der Waals surface area contributed by atoms with Crippen LogP contribution in [0.1, 0.15) is 63.5 Å². The van der Waals surface area contributed by atoms with E-state index in [1.807, 2.05) is 0 Å². The van der Waals surface area contributed by atoms with Crippen LogP contribution in [0.25, 0.3) is 0 Å². The lowest BCUT2D eigenvalue weighted by Gasteiger charge is -2.29. The zero-order valence-electron chi connectivity index (χ0n) is 38.7. The number of benzene rings is 2. The van der Waals surface area contributed by atoms with Gasteiger partial charge in [0.2, 0.25) is 53.2 Å². The van der Waals surface area contributed by atoms with Gasteiger partial charge in [-0.3, -0.25) is 47.9 Å². The standard InChI is InChI=1S/C45H62N10O14S/c1-24(2)17-29(40(63)53-32(45(68)69)19-25-7-4-3-5-8-25)52-42(65)31(20-35(47)57)50-37(59)22-48-36(58)21-49-43(66)34-9-6-16-55(34)44(67)33(23-70)54-41(64)30(18-26-10-12-27(56)13-11-26)51-39(62)28(46)14-15-38(60)61/h3-5,7-8,10-13,24,28-34,56,70H,6,9,14-23,46H2,1-2H3,(H2,47,57)(H,48,58)(H,49,66)(H,50,59)(H,51,62)(H,52,65)(H,53,63)(H,54,64)(H,60,61)(H,68,69)/t28-,29-,30-,31-,32-,33-,34-/m0/s1. The third-order valence-electron chi connectivity index (χ3n) is 10.8. The molecular formula is C45H62N10O14S. The summed E-state index contributed by atoms with van der Waals surface area (Å²) < 4.78 is 0. The maximum atomic E-state index is 13.8. The summed E-state index contributed by atoms with van der Waals surface area (Å²) in [5, 5.41) is 45.4. The number of rotatable bonds is 28. The van der Waals surface area contributed by atoms with Gasteiger partial charge < -0.3 is 68.9 Å². The molecule has 1 fully saturated rings. The van der Waals surface area contributed by atoms with E-state index >= 15 is 0 Å². The molecule has 3 rings (SSSR count). The van der Waals surface area contributed by atoms with Crippen LogP contribution in [0, 0.1) is 5.92 Å². The maximum Gasteiger partial charge on any atom is 0.326 e. The number of carboxylic acid groups (broad SMARTS) is 2. The molecule has 25 heteroatoms. The minimum absolute atomic E-state index is 0.0492. The molecule has 1 saturated heterocycles. The van der Waals surface area contributed by atoms with Gasteiger partial charge in [-0.2, -0.15) is 12.6 Å². The molecule has 2 aromatic carbocycles. The van der Waals surface area contributed by atoms with E-state index < -0.39 is 133 Å². The molecule has 0 spiro atoms. The molecule has 382 valence electrons. The predicted molar refractivity (Wildman–Crippen MR) is 252 cm³/mol. The quantitative estimate of drug-likeness (QED) is 0.0377. The molecule has 0 unspecified atom stereocenters. The summed E-state index contributed by atoms with van der Waals surface area (Å²) in [5.41, 5.74) is 12.3. The molecule has 9 amide bonds. The molecule has 24 nitrogen and oxygen atoms in total. The number of likely N-dealkylation sites (tertiary alicyclic amines) is 1. The van der Waals surface area contributed by atoms with Gasteiger partial charge in [0.05, 0.1) is 25.6 Å². The van der Waals surface area contributed by atoms with Crippen LogP contribution >= 0.6 is 12.6 Å². The lowest BCUT2D eigenvalue weighted by molar-refractivity contribution is -0.142. The van der Waals surface area contributed by atoms with E-state index in [0.29, 0.717) is 17.5 Å². The Bertz CT molecular complexity index is 2200. The Labute approximate surface area is 408 Å². The highest BCUT2D eigenvalue weighted by molar-refractivity contribution is 7.80. The summed E-state index contributed by atoms with van der Waals surface area (Å²) >= 11 is 4.23. The van der Waals surface area contributed by atoms with Crippen molar-refractivity contribution < 1.29 is 68.1 Å². The predicted octanol–water partition coefficient (Wildman–Crippen LogP) is -3.05. The fourth-order valence-electron chi connectivity index (χ4n) is 7.21. The summed E-state index contributed by atoms with van der Waals surface area (Å²) in [6.07, 6.45) is -0.905. The number of amides is 9. The van der Waals surface area contributed by atoms with Crippen molar-refractivity contribution in [2.24, 2.45) is 17.4 Å². The van der Waals surface area contributed by atoms with Gasteiger partial charge in [-0.1, -0.05) is 56.3 Å². The van der Waals surface area contributed by atoms with Crippen molar-refractivity contribution in [1.29, 1.82) is 0 Å². The Morgan fingerprint density at radius 1 is 0.700 bits per heavy atom. The second-order valence-corrected chi connectivity index (χ2v) is 17.3. The molecule has 2 aromatic rings. The van der Waals surface area contributed by atoms with Gasteiger partial charge in [0, 0.05) is 31.6 Å². The molecule has 70 heavy (non-hydrogen) atoms. The largest absolute Gasteiger partial charge is 0.508 e. The molecular weight excluding hydrogens is 937 g/mol. The molecule has 7 atom stereocenters. The van der Waals surface area contributed by atoms with Crippen LogP contribution in [0.15, 0.2) is 54.6 Å². The van der Waals surface area contributed by atoms with Gasteiger partial charge in [-0.15, -0.1) is 0 Å². The average molecular weight is 999 g/mol. The van der Waals surface area contributed by atoms with Crippen molar-refractivity contribution in [3.05, 3.63) is 65.7 Å². The van der Waals surface area contributed by atoms with Crippen molar-refractivity contribution in [1.82, 2.24) is 42.1 Å². The lowest BCUT2D eigenvalue weighted by Crippen LogP contribution is -2.59. The van der Waals surface area contributed by atoms with Crippen LogP contribution in [0.4, 0.5) is 0 Å². The van der Waals surface area contributed by atoms with Crippen LogP contribution in [0.2, 0.25) is 0 Å². The van der Waals surface area contributed by atoms with E-state index in [0.717, 1.165) is 0 Å². The smallest absolute Gasteiger partial charge is 0.326 e. The zero-order valence-corrected chi connectivity index (χ0v) is 39.6. The normalized spacial score (nSPS) is 15.7. The molecule has 14 N–H and O–H groups in total. The van der Waals surface area contributed by atoms with Crippen molar-refractivity contribution in [3.8, 4) is 5.75 Å². The van der Waals surface area contributed by atoms with Crippen molar-refractivity contribution in [3.63, 3.8) is 0 Å². The number of nitrogens with zero attached hydrogens (tertiary/aromatic N) is 1. The number of aromatic hydroxyl groups is 1. The highest BCUT2D eigenvalue weighted by Crippen LogP contribution is 2.20. The van der Waals surface area contributed by atoms with Gasteiger partial charge in [0.25, 0.3) is 0 Å². The number of phenolic OH excluding ortho intramolecular Hbond substituents is 1. The number of aliphatic carboxylic acids is 2. The van der Waals surface area contributed by atoms with Crippen LogP contribution in [-0.4, -0.2) is 153 Å². The topological polar surface area (TPSA) is 388 Å². The Balaban J connectivity index is 1.58. The number of carbonyl (C=O) groups is 11. The SMILES string of the molecule is CC(C)C[C@H](NC(=O)[C@H](CC(N)=O)NC(=O)CNC(=O)CNC(=O)[C@@H]1CCCN1C(=O)[C@H](CS)NC(=O)[C@H](Cc1ccc(O)cc1)NC(=O)[C@@H](N)CCC(=O)O)C(=O)N[C@@H](Cc1ccccc1)C(=O)O. The number of carboxylic acids is 2. The van der Waals surface area contributed by atoms with Gasteiger partial charge in [-0.25, -0.2) is 4.79 Å². The third kappa shape index (κ3) is 19.4. The van der Waals surface area contributed by atoms with Gasteiger partial charge in [0.15, 0.2) is 0 Å². The van der Waals surface area contributed by atoms with Crippen LogP contribution in [0.3, 0.4) is 0 Å². The second-order valence-electron chi connectivity index (χ2n) is 17.0. The Hall–Kier alpha value is -7.28. The first-order valence-electron chi connectivity index (χ1n) is 22.3. The zero-order chi connectivity index (χ0) is 52.1. The minimum Gasteiger partial charge on any atom is -0.508 e. The van der Waals surface area contributed by atoms with Crippen molar-refractivity contribution >= 4 is 77.7 Å². The number of hydrogen-bond donors (Lipinski definition) is 13. The molecule has 0 aliphatic carbocycles. The van der Waals surface area contributed by atoms with E-state index in [2.05, 4.69) is 49.8 Å². The second kappa shape index (κ2) is 28.3. The monoisotopic (exact) mass is 998 g/mol. The van der Waals surface area contributed by atoms with Gasteiger partial charge in [-0.05, 0) is 54.9 Å². The molecule has 1 aliphatic heterocycles. The fourth-order valence-corrected chi connectivity index (χ4v) is 7.45. The third-order valence-corrected chi connectivity index (χ3v) is 11.2. The summed E-state index contributed by atoms with van der Waals surface area (Å²) in [6.45, 7) is 2.19. The first-order valence-corrected chi connectivity index (χ1v) is 23.0. The maximum absolute atomic E-state index is 13.8. The van der Waals surface area contributed by atoms with E-state index in [-0.39, 0.29) is 56.1 Å². The molecule has 0 aromatic heterocycles. The minimum atomic E-state index is -1.61. The number of primary amides is 1. The highest BCUT2D eigenvalue weighted by Gasteiger charge is 2.38. The van der Waals surface area contributed by atoms with Crippen LogP contribution in [0.5, 0.6) is 5.75 Å². The first-order chi connectivity index (χ1) is 33.1. The highest BCUT2D eigenvalue weighted by atomic mass is 32.1. The average Bonchev–Trinajstić information content (AvgIpc) is 3.81. The molecule has 1 aliphatic rings. The molecule has 0 radical (unpaired) electrons.